The van der Waals surface area contributed by atoms with E-state index in [2.05, 4.69) is 5.10 Å². The van der Waals surface area contributed by atoms with E-state index in [0.29, 0.717) is 18.7 Å². The van der Waals surface area contributed by atoms with Gasteiger partial charge in [-0.1, -0.05) is 42.5 Å². The van der Waals surface area contributed by atoms with Crippen LogP contribution >= 0.6 is 0 Å². The zero-order valence-electron chi connectivity index (χ0n) is 15.4. The molecule has 0 unspecified atom stereocenters. The molecule has 1 aliphatic rings. The molecule has 1 amide bonds. The maximum absolute atomic E-state index is 12.3. The second-order valence-corrected chi connectivity index (χ2v) is 6.36. The lowest BCUT2D eigenvalue weighted by atomic mass is 10.1. The van der Waals surface area contributed by atoms with Crippen LogP contribution in [0.25, 0.3) is 0 Å². The third kappa shape index (κ3) is 4.94. The van der Waals surface area contributed by atoms with Gasteiger partial charge in [0.05, 0.1) is 12.3 Å². The third-order valence-electron chi connectivity index (χ3n) is 4.17. The van der Waals surface area contributed by atoms with E-state index in [4.69, 9.17) is 9.47 Å². The van der Waals surface area contributed by atoms with Crippen LogP contribution in [0.2, 0.25) is 0 Å². The van der Waals surface area contributed by atoms with Crippen molar-refractivity contribution in [1.29, 1.82) is 0 Å². The summed E-state index contributed by atoms with van der Waals surface area (Å²) in [5, 5.41) is 5.69. The first-order valence-corrected chi connectivity index (χ1v) is 8.86. The van der Waals surface area contributed by atoms with Gasteiger partial charge in [-0.15, -0.1) is 0 Å². The van der Waals surface area contributed by atoms with Crippen molar-refractivity contribution in [3.05, 3.63) is 65.7 Å². The first-order valence-electron chi connectivity index (χ1n) is 8.86. The predicted molar refractivity (Wildman–Crippen MR) is 102 cm³/mol. The van der Waals surface area contributed by atoms with E-state index in [-0.39, 0.29) is 12.5 Å². The quantitative estimate of drug-likeness (QED) is 0.737. The number of rotatable bonds is 6. The minimum absolute atomic E-state index is 0.350. The first-order chi connectivity index (χ1) is 13.0. The molecule has 6 nitrogen and oxygen atoms in total. The summed E-state index contributed by atoms with van der Waals surface area (Å²) in [5.74, 6) is -0.351. The SMILES string of the molecule is Cc1cccc(O[C@H](C)C(=O)OCC(=O)N2CCC(c3ccccc3)=N2)c1. The second-order valence-electron chi connectivity index (χ2n) is 6.36. The first kappa shape index (κ1) is 18.6. The van der Waals surface area contributed by atoms with Gasteiger partial charge in [-0.25, -0.2) is 9.80 Å². The number of hydrazone groups is 1. The molecular formula is C21H22N2O4. The molecule has 0 aliphatic carbocycles. The molecule has 2 aromatic rings. The number of hydrogen-bond donors (Lipinski definition) is 0. The van der Waals surface area contributed by atoms with Gasteiger partial charge in [0.1, 0.15) is 5.75 Å². The Kier molecular flexibility index (Phi) is 5.86. The van der Waals surface area contributed by atoms with E-state index in [1.165, 1.54) is 5.01 Å². The summed E-state index contributed by atoms with van der Waals surface area (Å²) in [6.07, 6.45) is -0.127. The van der Waals surface area contributed by atoms with Crippen LogP contribution in [0.5, 0.6) is 5.75 Å². The molecule has 6 heteroatoms. The highest BCUT2D eigenvalue weighted by Crippen LogP contribution is 2.16. The van der Waals surface area contributed by atoms with Crippen LogP contribution in [0.3, 0.4) is 0 Å². The van der Waals surface area contributed by atoms with Crippen LogP contribution < -0.4 is 4.74 Å². The maximum atomic E-state index is 12.3. The Morgan fingerprint density at radius 3 is 2.67 bits per heavy atom. The largest absolute Gasteiger partial charge is 0.479 e. The zero-order chi connectivity index (χ0) is 19.2. The molecule has 0 bridgehead atoms. The number of carbonyl (C=O) groups excluding carboxylic acids is 2. The fraction of sp³-hybridized carbons (Fsp3) is 0.286. The van der Waals surface area contributed by atoms with E-state index < -0.39 is 12.1 Å². The van der Waals surface area contributed by atoms with E-state index in [1.54, 1.807) is 13.0 Å². The summed E-state index contributed by atoms with van der Waals surface area (Å²) in [4.78, 5) is 24.3. The molecule has 0 aromatic heterocycles. The van der Waals surface area contributed by atoms with Crippen LogP contribution in [0, 0.1) is 6.92 Å². The number of amides is 1. The van der Waals surface area contributed by atoms with Crippen LogP contribution in [0.1, 0.15) is 24.5 Å². The highest BCUT2D eigenvalue weighted by atomic mass is 16.6. The molecule has 27 heavy (non-hydrogen) atoms. The van der Waals surface area contributed by atoms with Crippen molar-refractivity contribution in [1.82, 2.24) is 5.01 Å². The van der Waals surface area contributed by atoms with Crippen molar-refractivity contribution in [2.24, 2.45) is 5.10 Å². The number of carbonyl (C=O) groups is 2. The highest BCUT2D eigenvalue weighted by molar-refractivity contribution is 6.02. The molecule has 0 saturated carbocycles. The average Bonchev–Trinajstić information content (AvgIpc) is 3.17. The van der Waals surface area contributed by atoms with Crippen molar-refractivity contribution in [3.8, 4) is 5.75 Å². The Labute approximate surface area is 158 Å². The molecule has 0 fully saturated rings. The standard InChI is InChI=1S/C21H22N2O4/c1-15-7-6-10-18(13-15)27-16(2)21(25)26-14-20(24)23-12-11-19(22-23)17-8-4-3-5-9-17/h3-10,13,16H,11-12,14H2,1-2H3/t16-/m1/s1. The van der Waals surface area contributed by atoms with Gasteiger partial charge in [-0.3, -0.25) is 4.79 Å². The summed E-state index contributed by atoms with van der Waals surface area (Å²) < 4.78 is 10.7. The Hall–Kier alpha value is -3.15. The number of aryl methyl sites for hydroxylation is 1. The molecule has 3 rings (SSSR count). The van der Waals surface area contributed by atoms with Gasteiger partial charge in [-0.2, -0.15) is 5.10 Å². The Bertz CT molecular complexity index is 848. The molecule has 1 atom stereocenters. The minimum Gasteiger partial charge on any atom is -0.479 e. The zero-order valence-corrected chi connectivity index (χ0v) is 15.4. The van der Waals surface area contributed by atoms with Gasteiger partial charge < -0.3 is 9.47 Å². The fourth-order valence-corrected chi connectivity index (χ4v) is 2.74. The lowest BCUT2D eigenvalue weighted by Gasteiger charge is -2.15. The van der Waals surface area contributed by atoms with Crippen LogP contribution in [0.15, 0.2) is 59.7 Å². The van der Waals surface area contributed by atoms with Crippen LogP contribution in [-0.2, 0) is 14.3 Å². The molecule has 0 saturated heterocycles. The summed E-state index contributed by atoms with van der Waals surface area (Å²) in [5.41, 5.74) is 2.88. The van der Waals surface area contributed by atoms with Gasteiger partial charge >= 0.3 is 5.97 Å². The summed E-state index contributed by atoms with van der Waals surface area (Å²) in [6, 6.07) is 17.1. The number of esters is 1. The Morgan fingerprint density at radius 2 is 1.93 bits per heavy atom. The molecular weight excluding hydrogens is 344 g/mol. The Balaban J connectivity index is 1.50. The van der Waals surface area contributed by atoms with Crippen molar-refractivity contribution in [2.45, 2.75) is 26.4 Å². The smallest absolute Gasteiger partial charge is 0.347 e. The number of hydrogen-bond acceptors (Lipinski definition) is 5. The van der Waals surface area contributed by atoms with E-state index in [1.807, 2.05) is 55.5 Å². The fourth-order valence-electron chi connectivity index (χ4n) is 2.74. The predicted octanol–water partition coefficient (Wildman–Crippen LogP) is 2.94. The van der Waals surface area contributed by atoms with Crippen molar-refractivity contribution in [2.75, 3.05) is 13.2 Å². The normalized spacial score (nSPS) is 14.4. The van der Waals surface area contributed by atoms with Gasteiger partial charge in [0.15, 0.2) is 12.7 Å². The molecule has 140 valence electrons. The van der Waals surface area contributed by atoms with Crippen molar-refractivity contribution < 1.29 is 19.1 Å². The maximum Gasteiger partial charge on any atom is 0.347 e. The van der Waals surface area contributed by atoms with Crippen LogP contribution in [0.4, 0.5) is 0 Å². The minimum atomic E-state index is -0.804. The lowest BCUT2D eigenvalue weighted by Crippen LogP contribution is -2.32. The van der Waals surface area contributed by atoms with Gasteiger partial charge in [0.2, 0.25) is 0 Å². The second kappa shape index (κ2) is 8.49. The Morgan fingerprint density at radius 1 is 1.15 bits per heavy atom. The van der Waals surface area contributed by atoms with Gasteiger partial charge in [-0.05, 0) is 37.1 Å². The molecule has 2 aromatic carbocycles. The lowest BCUT2D eigenvalue weighted by molar-refractivity contribution is -0.157. The average molecular weight is 366 g/mol. The number of nitrogens with zero attached hydrogens (tertiary/aromatic N) is 2. The number of ether oxygens (including phenoxy) is 2. The molecule has 1 heterocycles. The summed E-state index contributed by atoms with van der Waals surface area (Å²) in [7, 11) is 0. The van der Waals surface area contributed by atoms with Crippen molar-refractivity contribution >= 4 is 17.6 Å². The summed E-state index contributed by atoms with van der Waals surface area (Å²) in [6.45, 7) is 3.66. The van der Waals surface area contributed by atoms with Crippen molar-refractivity contribution in [3.63, 3.8) is 0 Å². The summed E-state index contributed by atoms with van der Waals surface area (Å²) >= 11 is 0. The third-order valence-corrected chi connectivity index (χ3v) is 4.17. The molecule has 0 spiro atoms. The van der Waals surface area contributed by atoms with Crippen LogP contribution in [-0.4, -0.2) is 41.9 Å². The monoisotopic (exact) mass is 366 g/mol. The molecule has 1 aliphatic heterocycles. The highest BCUT2D eigenvalue weighted by Gasteiger charge is 2.24. The molecule has 0 radical (unpaired) electrons. The molecule has 0 N–H and O–H groups in total. The van der Waals surface area contributed by atoms with Gasteiger partial charge in [0.25, 0.3) is 5.91 Å². The van der Waals surface area contributed by atoms with E-state index in [0.717, 1.165) is 16.8 Å². The topological polar surface area (TPSA) is 68.2 Å². The van der Waals surface area contributed by atoms with E-state index in [9.17, 15) is 9.59 Å². The van der Waals surface area contributed by atoms with E-state index >= 15 is 0 Å². The van der Waals surface area contributed by atoms with Gasteiger partial charge in [0, 0.05) is 6.42 Å². The number of benzene rings is 2.